The summed E-state index contributed by atoms with van der Waals surface area (Å²) < 4.78 is 5.48. The fourth-order valence-electron chi connectivity index (χ4n) is 1.83. The Bertz CT molecular complexity index is 320. The molecule has 0 aromatic heterocycles. The monoisotopic (exact) mass is 196 g/mol. The summed E-state index contributed by atoms with van der Waals surface area (Å²) in [6.45, 7) is 2.98. The number of ether oxygens (including phenoxy) is 1. The summed E-state index contributed by atoms with van der Waals surface area (Å²) in [7, 11) is 0. The lowest BCUT2D eigenvalue weighted by Gasteiger charge is -2.06. The lowest BCUT2D eigenvalue weighted by molar-refractivity contribution is 0.357. The summed E-state index contributed by atoms with van der Waals surface area (Å²) in [5, 5.41) is 0.757. The lowest BCUT2D eigenvalue weighted by Crippen LogP contribution is -1.90. The molecule has 0 aliphatic carbocycles. The van der Waals surface area contributed by atoms with Crippen molar-refractivity contribution in [1.29, 1.82) is 0 Å². The van der Waals surface area contributed by atoms with Gasteiger partial charge in [-0.1, -0.05) is 31.0 Å². The lowest BCUT2D eigenvalue weighted by atomic mass is 10.0. The Morgan fingerprint density at radius 3 is 3.08 bits per heavy atom. The normalized spacial score (nSPS) is 14.0. The van der Waals surface area contributed by atoms with Crippen LogP contribution in [-0.2, 0) is 12.8 Å². The van der Waals surface area contributed by atoms with Gasteiger partial charge in [0.25, 0.3) is 0 Å². The van der Waals surface area contributed by atoms with Crippen LogP contribution in [0.5, 0.6) is 5.75 Å². The predicted molar refractivity (Wildman–Crippen MR) is 54.6 cm³/mol. The zero-order chi connectivity index (χ0) is 9.26. The fraction of sp³-hybridized carbons (Fsp3) is 0.455. The first-order valence-corrected chi connectivity index (χ1v) is 5.13. The highest BCUT2D eigenvalue weighted by Crippen LogP contribution is 2.35. The molecule has 1 aromatic rings. The number of halogens is 1. The largest absolute Gasteiger partial charge is 0.491 e. The molecule has 0 radical (unpaired) electrons. The van der Waals surface area contributed by atoms with Gasteiger partial charge in [0.05, 0.1) is 11.6 Å². The van der Waals surface area contributed by atoms with Crippen molar-refractivity contribution in [1.82, 2.24) is 0 Å². The molecule has 0 bridgehead atoms. The first kappa shape index (κ1) is 8.89. The van der Waals surface area contributed by atoms with Crippen molar-refractivity contribution in [2.24, 2.45) is 0 Å². The summed E-state index contributed by atoms with van der Waals surface area (Å²) in [5.41, 5.74) is 2.73. The number of aryl methyl sites for hydroxylation is 1. The Balaban J connectivity index is 2.43. The molecule has 2 heteroatoms. The molecule has 1 heterocycles. The van der Waals surface area contributed by atoms with E-state index in [2.05, 4.69) is 13.0 Å². The number of benzene rings is 1. The fourth-order valence-corrected chi connectivity index (χ4v) is 2.06. The van der Waals surface area contributed by atoms with Crippen molar-refractivity contribution in [2.45, 2.75) is 26.2 Å². The zero-order valence-electron chi connectivity index (χ0n) is 7.77. The molecule has 0 fully saturated rings. The van der Waals surface area contributed by atoms with Crippen molar-refractivity contribution in [3.8, 4) is 5.75 Å². The molecule has 1 aliphatic rings. The van der Waals surface area contributed by atoms with Gasteiger partial charge >= 0.3 is 0 Å². The summed E-state index contributed by atoms with van der Waals surface area (Å²) in [5.74, 6) is 0.924. The van der Waals surface area contributed by atoms with Gasteiger partial charge in [0.1, 0.15) is 5.75 Å². The second-order valence-electron chi connectivity index (χ2n) is 3.36. The highest BCUT2D eigenvalue weighted by molar-refractivity contribution is 6.32. The summed E-state index contributed by atoms with van der Waals surface area (Å²) in [6.07, 6.45) is 3.32. The molecule has 70 valence electrons. The Hall–Kier alpha value is -0.690. The molecule has 0 atom stereocenters. The maximum atomic E-state index is 6.02. The van der Waals surface area contributed by atoms with Gasteiger partial charge < -0.3 is 4.74 Å². The molecular weight excluding hydrogens is 184 g/mol. The molecule has 0 saturated heterocycles. The van der Waals surface area contributed by atoms with Gasteiger partial charge in [-0.25, -0.2) is 0 Å². The number of hydrogen-bond donors (Lipinski definition) is 0. The molecule has 0 amide bonds. The van der Waals surface area contributed by atoms with E-state index in [4.69, 9.17) is 16.3 Å². The van der Waals surface area contributed by atoms with Crippen LogP contribution in [0.3, 0.4) is 0 Å². The maximum absolute atomic E-state index is 6.02. The van der Waals surface area contributed by atoms with Gasteiger partial charge in [-0.3, -0.25) is 0 Å². The molecule has 0 unspecified atom stereocenters. The molecule has 1 aromatic carbocycles. The van der Waals surface area contributed by atoms with Crippen LogP contribution in [0.15, 0.2) is 12.1 Å². The summed E-state index contributed by atoms with van der Waals surface area (Å²) in [4.78, 5) is 0. The van der Waals surface area contributed by atoms with Gasteiger partial charge in [0.2, 0.25) is 0 Å². The van der Waals surface area contributed by atoms with E-state index in [1.807, 2.05) is 6.07 Å². The standard InChI is InChI=1S/C11H13ClO/c1-2-3-8-4-5-10(12)11-9(8)6-7-13-11/h4-5H,2-3,6-7H2,1H3. The Kier molecular flexibility index (Phi) is 2.45. The molecule has 1 aliphatic heterocycles. The van der Waals surface area contributed by atoms with E-state index in [9.17, 15) is 0 Å². The van der Waals surface area contributed by atoms with Gasteiger partial charge in [0.15, 0.2) is 0 Å². The van der Waals surface area contributed by atoms with Crippen molar-refractivity contribution in [3.05, 3.63) is 28.3 Å². The first-order chi connectivity index (χ1) is 6.33. The van der Waals surface area contributed by atoms with Crippen LogP contribution in [0.1, 0.15) is 24.5 Å². The second-order valence-corrected chi connectivity index (χ2v) is 3.77. The van der Waals surface area contributed by atoms with Gasteiger partial charge in [-0.15, -0.1) is 0 Å². The minimum absolute atomic E-state index is 0.757. The molecule has 0 N–H and O–H groups in total. The maximum Gasteiger partial charge on any atom is 0.141 e. The number of hydrogen-bond acceptors (Lipinski definition) is 1. The Morgan fingerprint density at radius 2 is 2.31 bits per heavy atom. The SMILES string of the molecule is CCCc1ccc(Cl)c2c1CCO2. The average molecular weight is 197 g/mol. The van der Waals surface area contributed by atoms with Gasteiger partial charge in [-0.05, 0) is 18.1 Å². The van der Waals surface area contributed by atoms with E-state index in [0.717, 1.165) is 30.2 Å². The highest BCUT2D eigenvalue weighted by Gasteiger charge is 2.18. The minimum Gasteiger partial charge on any atom is -0.491 e. The van der Waals surface area contributed by atoms with Crippen LogP contribution >= 0.6 is 11.6 Å². The van der Waals surface area contributed by atoms with Crippen molar-refractivity contribution in [2.75, 3.05) is 6.61 Å². The van der Waals surface area contributed by atoms with E-state index >= 15 is 0 Å². The Morgan fingerprint density at radius 1 is 1.46 bits per heavy atom. The van der Waals surface area contributed by atoms with Crippen LogP contribution < -0.4 is 4.74 Å². The third-order valence-corrected chi connectivity index (χ3v) is 2.72. The van der Waals surface area contributed by atoms with E-state index in [1.165, 1.54) is 17.5 Å². The van der Waals surface area contributed by atoms with E-state index in [0.29, 0.717) is 0 Å². The van der Waals surface area contributed by atoms with E-state index < -0.39 is 0 Å². The van der Waals surface area contributed by atoms with Crippen LogP contribution in [0.4, 0.5) is 0 Å². The molecule has 1 nitrogen and oxygen atoms in total. The molecule has 2 rings (SSSR count). The zero-order valence-corrected chi connectivity index (χ0v) is 8.53. The topological polar surface area (TPSA) is 9.23 Å². The Labute approximate surface area is 83.7 Å². The average Bonchev–Trinajstić information content (AvgIpc) is 2.59. The molecule has 0 saturated carbocycles. The van der Waals surface area contributed by atoms with E-state index in [1.54, 1.807) is 0 Å². The van der Waals surface area contributed by atoms with Crippen molar-refractivity contribution in [3.63, 3.8) is 0 Å². The van der Waals surface area contributed by atoms with Gasteiger partial charge in [0, 0.05) is 12.0 Å². The smallest absolute Gasteiger partial charge is 0.141 e. The quantitative estimate of drug-likeness (QED) is 0.706. The van der Waals surface area contributed by atoms with Crippen molar-refractivity contribution < 1.29 is 4.74 Å². The molecular formula is C11H13ClO. The van der Waals surface area contributed by atoms with Crippen molar-refractivity contribution >= 4 is 11.6 Å². The third-order valence-electron chi connectivity index (χ3n) is 2.43. The molecule has 13 heavy (non-hydrogen) atoms. The summed E-state index contributed by atoms with van der Waals surface area (Å²) in [6, 6.07) is 4.07. The predicted octanol–water partition coefficient (Wildman–Crippen LogP) is 3.23. The van der Waals surface area contributed by atoms with E-state index in [-0.39, 0.29) is 0 Å². The second kappa shape index (κ2) is 3.59. The van der Waals surface area contributed by atoms with Crippen LogP contribution in [0.25, 0.3) is 0 Å². The summed E-state index contributed by atoms with van der Waals surface area (Å²) >= 11 is 6.02. The van der Waals surface area contributed by atoms with Crippen LogP contribution in [0, 0.1) is 0 Å². The third kappa shape index (κ3) is 1.53. The first-order valence-electron chi connectivity index (χ1n) is 4.76. The molecule has 0 spiro atoms. The number of rotatable bonds is 2. The number of fused-ring (bicyclic) bond motifs is 1. The van der Waals surface area contributed by atoms with Crippen LogP contribution in [0.2, 0.25) is 5.02 Å². The van der Waals surface area contributed by atoms with Crippen LogP contribution in [-0.4, -0.2) is 6.61 Å². The minimum atomic E-state index is 0.757. The highest BCUT2D eigenvalue weighted by atomic mass is 35.5. The van der Waals surface area contributed by atoms with Gasteiger partial charge in [-0.2, -0.15) is 0 Å².